The van der Waals surface area contributed by atoms with Crippen molar-refractivity contribution in [3.05, 3.63) is 41.8 Å². The number of rotatable bonds is 4. The van der Waals surface area contributed by atoms with Gasteiger partial charge in [-0.25, -0.2) is 4.98 Å². The lowest BCUT2D eigenvalue weighted by Crippen LogP contribution is -2.46. The summed E-state index contributed by atoms with van der Waals surface area (Å²) < 4.78 is 11.1. The molecule has 1 aromatic heterocycles. The lowest BCUT2D eigenvalue weighted by Gasteiger charge is -2.34. The molecular formula is C18H22N2O3. The minimum Gasteiger partial charge on any atom is -0.431 e. The molecule has 122 valence electrons. The van der Waals surface area contributed by atoms with Crippen LogP contribution in [0.25, 0.3) is 11.5 Å². The smallest absolute Gasteiger partial charge is 0.291 e. The lowest BCUT2D eigenvalue weighted by atomic mass is 10.0. The van der Waals surface area contributed by atoms with E-state index in [-0.39, 0.29) is 11.9 Å². The maximum atomic E-state index is 12.9. The summed E-state index contributed by atoms with van der Waals surface area (Å²) in [4.78, 5) is 19.2. The number of hydrogen-bond donors (Lipinski definition) is 0. The fourth-order valence-electron chi connectivity index (χ4n) is 3.06. The number of carbonyl (C=O) groups is 1. The van der Waals surface area contributed by atoms with E-state index >= 15 is 0 Å². The molecule has 3 rings (SSSR count). The zero-order chi connectivity index (χ0) is 16.2. The molecule has 0 radical (unpaired) electrons. The number of oxazole rings is 1. The molecule has 0 bridgehead atoms. The second-order valence-corrected chi connectivity index (χ2v) is 5.90. The Balaban J connectivity index is 1.86. The van der Waals surface area contributed by atoms with E-state index in [9.17, 15) is 4.79 Å². The van der Waals surface area contributed by atoms with E-state index in [0.717, 1.165) is 31.4 Å². The normalized spacial score (nSPS) is 18.2. The third-order valence-corrected chi connectivity index (χ3v) is 4.26. The molecular weight excluding hydrogens is 292 g/mol. The molecule has 1 amide bonds. The summed E-state index contributed by atoms with van der Waals surface area (Å²) in [6.45, 7) is 3.12. The molecule has 1 aliphatic rings. The van der Waals surface area contributed by atoms with Crippen LogP contribution in [-0.2, 0) is 4.74 Å². The fourth-order valence-corrected chi connectivity index (χ4v) is 3.06. The standard InChI is InChI=1S/C18H22N2O3/c1-13-16(23-17(19-13)14-8-4-3-5-9-14)18(21)20-11-7-6-10-15(20)12-22-2/h3-5,8-9,15H,6-7,10-12H2,1-2H3/t15-/m1/s1. The Labute approximate surface area is 136 Å². The highest BCUT2D eigenvalue weighted by Crippen LogP contribution is 2.25. The predicted molar refractivity (Wildman–Crippen MR) is 87.2 cm³/mol. The second kappa shape index (κ2) is 6.96. The maximum Gasteiger partial charge on any atom is 0.291 e. The van der Waals surface area contributed by atoms with Crippen molar-refractivity contribution in [2.75, 3.05) is 20.3 Å². The van der Waals surface area contributed by atoms with E-state index in [4.69, 9.17) is 9.15 Å². The molecule has 1 aromatic carbocycles. The SMILES string of the molecule is COC[C@H]1CCCCN1C(=O)c1oc(-c2ccccc2)nc1C. The van der Waals surface area contributed by atoms with Crippen molar-refractivity contribution in [2.45, 2.75) is 32.2 Å². The number of nitrogens with zero attached hydrogens (tertiary/aromatic N) is 2. The Morgan fingerprint density at radius 2 is 2.13 bits per heavy atom. The zero-order valence-corrected chi connectivity index (χ0v) is 13.6. The monoisotopic (exact) mass is 314 g/mol. The quantitative estimate of drug-likeness (QED) is 0.869. The molecule has 5 nitrogen and oxygen atoms in total. The number of aryl methyl sites for hydroxylation is 1. The van der Waals surface area contributed by atoms with Gasteiger partial charge in [-0.1, -0.05) is 18.2 Å². The number of benzene rings is 1. The van der Waals surface area contributed by atoms with Gasteiger partial charge in [0.15, 0.2) is 0 Å². The van der Waals surface area contributed by atoms with Gasteiger partial charge < -0.3 is 14.1 Å². The van der Waals surface area contributed by atoms with Gasteiger partial charge >= 0.3 is 0 Å². The first-order chi connectivity index (χ1) is 11.2. The number of ether oxygens (including phenoxy) is 1. The van der Waals surface area contributed by atoms with Crippen LogP contribution in [0.1, 0.15) is 35.5 Å². The Hall–Kier alpha value is -2.14. The molecule has 1 atom stereocenters. The average molecular weight is 314 g/mol. The molecule has 2 aromatic rings. The third kappa shape index (κ3) is 3.29. The summed E-state index contributed by atoms with van der Waals surface area (Å²) in [5, 5.41) is 0. The van der Waals surface area contributed by atoms with Crippen LogP contribution < -0.4 is 0 Å². The Morgan fingerprint density at radius 1 is 1.35 bits per heavy atom. The van der Waals surface area contributed by atoms with Gasteiger partial charge in [-0.3, -0.25) is 4.79 Å². The first-order valence-electron chi connectivity index (χ1n) is 8.03. The average Bonchev–Trinajstić information content (AvgIpc) is 2.98. The summed E-state index contributed by atoms with van der Waals surface area (Å²) in [6.07, 6.45) is 3.12. The molecule has 5 heteroatoms. The topological polar surface area (TPSA) is 55.6 Å². The van der Waals surface area contributed by atoms with Crippen molar-refractivity contribution in [1.82, 2.24) is 9.88 Å². The van der Waals surface area contributed by atoms with Crippen LogP contribution in [0.4, 0.5) is 0 Å². The van der Waals surface area contributed by atoms with Crippen molar-refractivity contribution >= 4 is 5.91 Å². The minimum atomic E-state index is -0.0843. The summed E-state index contributed by atoms with van der Waals surface area (Å²) in [7, 11) is 1.67. The number of aromatic nitrogens is 1. The van der Waals surface area contributed by atoms with Crippen molar-refractivity contribution in [3.63, 3.8) is 0 Å². The van der Waals surface area contributed by atoms with Crippen LogP contribution in [0.3, 0.4) is 0 Å². The largest absolute Gasteiger partial charge is 0.431 e. The highest BCUT2D eigenvalue weighted by atomic mass is 16.5. The van der Waals surface area contributed by atoms with E-state index in [1.165, 1.54) is 0 Å². The molecule has 23 heavy (non-hydrogen) atoms. The van der Waals surface area contributed by atoms with Crippen molar-refractivity contribution in [2.24, 2.45) is 0 Å². The summed E-state index contributed by atoms with van der Waals surface area (Å²) >= 11 is 0. The molecule has 2 heterocycles. The highest BCUT2D eigenvalue weighted by molar-refractivity contribution is 5.93. The van der Waals surface area contributed by atoms with E-state index in [1.54, 1.807) is 7.11 Å². The van der Waals surface area contributed by atoms with Crippen LogP contribution in [0.2, 0.25) is 0 Å². The van der Waals surface area contributed by atoms with Crippen LogP contribution in [0.5, 0.6) is 0 Å². The van der Waals surface area contributed by atoms with Gasteiger partial charge in [0.05, 0.1) is 18.3 Å². The van der Waals surface area contributed by atoms with E-state index in [0.29, 0.717) is 24.0 Å². The van der Waals surface area contributed by atoms with Crippen LogP contribution in [0.15, 0.2) is 34.7 Å². The lowest BCUT2D eigenvalue weighted by molar-refractivity contribution is 0.0401. The van der Waals surface area contributed by atoms with Crippen molar-refractivity contribution < 1.29 is 13.9 Å². The van der Waals surface area contributed by atoms with Gasteiger partial charge in [0.25, 0.3) is 5.91 Å². The third-order valence-electron chi connectivity index (χ3n) is 4.26. The molecule has 1 aliphatic heterocycles. The van der Waals surface area contributed by atoms with Crippen molar-refractivity contribution in [1.29, 1.82) is 0 Å². The molecule has 0 unspecified atom stereocenters. The Kier molecular flexibility index (Phi) is 4.76. The number of likely N-dealkylation sites (tertiary alicyclic amines) is 1. The zero-order valence-electron chi connectivity index (χ0n) is 13.6. The Bertz CT molecular complexity index is 664. The van der Waals surface area contributed by atoms with Crippen LogP contribution in [-0.4, -0.2) is 42.1 Å². The van der Waals surface area contributed by atoms with E-state index in [1.807, 2.05) is 42.2 Å². The summed E-state index contributed by atoms with van der Waals surface area (Å²) in [5.74, 6) is 0.748. The van der Waals surface area contributed by atoms with Gasteiger partial charge in [-0.05, 0) is 38.3 Å². The number of carbonyl (C=O) groups excluding carboxylic acids is 1. The van der Waals surface area contributed by atoms with Gasteiger partial charge in [0.1, 0.15) is 0 Å². The van der Waals surface area contributed by atoms with Gasteiger partial charge in [0, 0.05) is 19.2 Å². The maximum absolute atomic E-state index is 12.9. The number of amides is 1. The van der Waals surface area contributed by atoms with Crippen LogP contribution in [0, 0.1) is 6.92 Å². The summed E-state index contributed by atoms with van der Waals surface area (Å²) in [6, 6.07) is 9.76. The minimum absolute atomic E-state index is 0.0843. The molecule has 1 fully saturated rings. The van der Waals surface area contributed by atoms with Gasteiger partial charge in [0.2, 0.25) is 11.7 Å². The summed E-state index contributed by atoms with van der Waals surface area (Å²) in [5.41, 5.74) is 1.51. The van der Waals surface area contributed by atoms with Crippen LogP contribution >= 0.6 is 0 Å². The van der Waals surface area contributed by atoms with Gasteiger partial charge in [-0.2, -0.15) is 0 Å². The first kappa shape index (κ1) is 15.7. The van der Waals surface area contributed by atoms with E-state index < -0.39 is 0 Å². The number of piperidine rings is 1. The molecule has 0 aliphatic carbocycles. The molecule has 0 saturated carbocycles. The highest BCUT2D eigenvalue weighted by Gasteiger charge is 2.31. The number of hydrogen-bond acceptors (Lipinski definition) is 4. The molecule has 0 N–H and O–H groups in total. The number of methoxy groups -OCH3 is 1. The first-order valence-corrected chi connectivity index (χ1v) is 8.03. The fraction of sp³-hybridized carbons (Fsp3) is 0.444. The van der Waals surface area contributed by atoms with Crippen molar-refractivity contribution in [3.8, 4) is 11.5 Å². The van der Waals surface area contributed by atoms with Gasteiger partial charge in [-0.15, -0.1) is 0 Å². The van der Waals surface area contributed by atoms with E-state index in [2.05, 4.69) is 4.98 Å². The predicted octanol–water partition coefficient (Wildman–Crippen LogP) is 3.29. The molecule has 1 saturated heterocycles. The second-order valence-electron chi connectivity index (χ2n) is 5.90. The molecule has 0 spiro atoms. The Morgan fingerprint density at radius 3 is 2.87 bits per heavy atom.